The summed E-state index contributed by atoms with van der Waals surface area (Å²) in [5.41, 5.74) is 2.09. The van der Waals surface area contributed by atoms with Crippen molar-refractivity contribution in [2.75, 3.05) is 20.7 Å². The van der Waals surface area contributed by atoms with Crippen molar-refractivity contribution < 1.29 is 9.26 Å². The number of methoxy groups -OCH3 is 1. The van der Waals surface area contributed by atoms with Crippen molar-refractivity contribution in [1.29, 1.82) is 0 Å². The molecule has 1 heterocycles. The van der Waals surface area contributed by atoms with E-state index in [4.69, 9.17) is 20.9 Å². The van der Waals surface area contributed by atoms with E-state index in [1.54, 1.807) is 26.3 Å². The summed E-state index contributed by atoms with van der Waals surface area (Å²) in [4.78, 5) is 8.64. The van der Waals surface area contributed by atoms with Crippen LogP contribution >= 0.6 is 11.6 Å². The van der Waals surface area contributed by atoms with E-state index in [-0.39, 0.29) is 0 Å². The van der Waals surface area contributed by atoms with Crippen LogP contribution in [0.4, 0.5) is 0 Å². The Morgan fingerprint density at radius 3 is 2.70 bits per heavy atom. The molecule has 0 bridgehead atoms. The molecule has 0 aliphatic heterocycles. The van der Waals surface area contributed by atoms with E-state index in [1.165, 1.54) is 5.56 Å². The maximum absolute atomic E-state index is 6.02. The molecular formula is C22H26ClN5O2. The lowest BCUT2D eigenvalue weighted by atomic mass is 9.98. The summed E-state index contributed by atoms with van der Waals surface area (Å²) in [5.74, 6) is 2.94. The number of aromatic nitrogens is 2. The van der Waals surface area contributed by atoms with Crippen LogP contribution in [0.1, 0.15) is 30.7 Å². The van der Waals surface area contributed by atoms with Crippen LogP contribution < -0.4 is 15.4 Å². The number of rotatable bonds is 8. The minimum atomic E-state index is 0.376. The highest BCUT2D eigenvalue weighted by molar-refractivity contribution is 6.30. The molecule has 0 radical (unpaired) electrons. The highest BCUT2D eigenvalue weighted by atomic mass is 35.5. The van der Waals surface area contributed by atoms with Gasteiger partial charge in [-0.15, -0.1) is 0 Å². The molecule has 3 aromatic rings. The lowest BCUT2D eigenvalue weighted by Crippen LogP contribution is -2.37. The largest absolute Gasteiger partial charge is 0.497 e. The molecular weight excluding hydrogens is 402 g/mol. The quantitative estimate of drug-likeness (QED) is 0.412. The molecule has 0 amide bonds. The second-order valence-corrected chi connectivity index (χ2v) is 7.27. The van der Waals surface area contributed by atoms with Crippen LogP contribution in [0, 0.1) is 0 Å². The summed E-state index contributed by atoms with van der Waals surface area (Å²) in [6.45, 7) is 3.36. The Balaban J connectivity index is 1.46. The standard InChI is InChI=1S/C22H26ClN5O2/c1-15(16-7-9-19(29-3)10-8-16)11-12-25-22(24-2)26-14-20-27-21(28-30-20)17-5-4-6-18(23)13-17/h4-10,13,15H,11-12,14H2,1-3H3,(H2,24,25,26). The van der Waals surface area contributed by atoms with Gasteiger partial charge in [-0.05, 0) is 42.2 Å². The van der Waals surface area contributed by atoms with E-state index in [1.807, 2.05) is 24.3 Å². The number of hydrogen-bond donors (Lipinski definition) is 2. The molecule has 0 aliphatic rings. The van der Waals surface area contributed by atoms with Crippen molar-refractivity contribution >= 4 is 17.6 Å². The highest BCUT2D eigenvalue weighted by Gasteiger charge is 2.10. The van der Waals surface area contributed by atoms with Crippen molar-refractivity contribution in [3.05, 3.63) is 65.0 Å². The Bertz CT molecular complexity index is 972. The average Bonchev–Trinajstić information content (AvgIpc) is 3.25. The van der Waals surface area contributed by atoms with Crippen LogP contribution in [-0.2, 0) is 6.54 Å². The summed E-state index contributed by atoms with van der Waals surface area (Å²) in [6.07, 6.45) is 0.965. The lowest BCUT2D eigenvalue weighted by molar-refractivity contribution is 0.375. The number of nitrogens with one attached hydrogen (secondary N) is 2. The maximum atomic E-state index is 6.02. The fourth-order valence-electron chi connectivity index (χ4n) is 2.96. The predicted molar refractivity (Wildman–Crippen MR) is 119 cm³/mol. The molecule has 0 fully saturated rings. The molecule has 0 saturated heterocycles. The Morgan fingerprint density at radius 2 is 2.00 bits per heavy atom. The first-order valence-electron chi connectivity index (χ1n) is 9.76. The molecule has 0 saturated carbocycles. The van der Waals surface area contributed by atoms with Crippen molar-refractivity contribution in [3.8, 4) is 17.1 Å². The molecule has 2 aromatic carbocycles. The minimum Gasteiger partial charge on any atom is -0.497 e. The van der Waals surface area contributed by atoms with Gasteiger partial charge in [0.25, 0.3) is 0 Å². The Kier molecular flexibility index (Phi) is 7.68. The van der Waals surface area contributed by atoms with Gasteiger partial charge in [0.05, 0.1) is 13.7 Å². The molecule has 1 aromatic heterocycles. The van der Waals surface area contributed by atoms with Gasteiger partial charge in [-0.2, -0.15) is 4.98 Å². The number of guanidine groups is 1. The summed E-state index contributed by atoms with van der Waals surface area (Å²) < 4.78 is 10.5. The van der Waals surface area contributed by atoms with Crippen molar-refractivity contribution in [1.82, 2.24) is 20.8 Å². The fourth-order valence-corrected chi connectivity index (χ4v) is 3.15. The van der Waals surface area contributed by atoms with Crippen LogP contribution in [0.15, 0.2) is 58.0 Å². The Morgan fingerprint density at radius 1 is 1.20 bits per heavy atom. The van der Waals surface area contributed by atoms with Crippen molar-refractivity contribution in [2.24, 2.45) is 4.99 Å². The second-order valence-electron chi connectivity index (χ2n) is 6.84. The number of aliphatic imine (C=N–C) groups is 1. The number of benzene rings is 2. The van der Waals surface area contributed by atoms with E-state index in [0.717, 1.165) is 24.3 Å². The molecule has 1 unspecified atom stereocenters. The van der Waals surface area contributed by atoms with Crippen molar-refractivity contribution in [2.45, 2.75) is 25.8 Å². The van der Waals surface area contributed by atoms with Gasteiger partial charge in [-0.25, -0.2) is 0 Å². The average molecular weight is 428 g/mol. The normalized spacial score (nSPS) is 12.5. The second kappa shape index (κ2) is 10.6. The lowest BCUT2D eigenvalue weighted by Gasteiger charge is -2.15. The highest BCUT2D eigenvalue weighted by Crippen LogP contribution is 2.21. The maximum Gasteiger partial charge on any atom is 0.246 e. The zero-order chi connectivity index (χ0) is 21.3. The summed E-state index contributed by atoms with van der Waals surface area (Å²) >= 11 is 6.02. The van der Waals surface area contributed by atoms with Crippen LogP contribution in [0.3, 0.4) is 0 Å². The fraction of sp³-hybridized carbons (Fsp3) is 0.318. The topological polar surface area (TPSA) is 84.6 Å². The first kappa shape index (κ1) is 21.6. The zero-order valence-corrected chi connectivity index (χ0v) is 18.1. The smallest absolute Gasteiger partial charge is 0.246 e. The number of ether oxygens (including phenoxy) is 1. The summed E-state index contributed by atoms with van der Waals surface area (Å²) in [6, 6.07) is 15.5. The number of halogens is 1. The van der Waals surface area contributed by atoms with Gasteiger partial charge in [-0.3, -0.25) is 4.99 Å². The molecule has 30 heavy (non-hydrogen) atoms. The Labute approximate surface area is 181 Å². The third-order valence-electron chi connectivity index (χ3n) is 4.74. The molecule has 158 valence electrons. The van der Waals surface area contributed by atoms with Crippen LogP contribution in [0.5, 0.6) is 5.75 Å². The van der Waals surface area contributed by atoms with Crippen LogP contribution in [-0.4, -0.2) is 36.8 Å². The minimum absolute atomic E-state index is 0.376. The molecule has 3 rings (SSSR count). The van der Waals surface area contributed by atoms with E-state index in [0.29, 0.717) is 35.2 Å². The molecule has 0 aliphatic carbocycles. The summed E-state index contributed by atoms with van der Waals surface area (Å²) in [7, 11) is 3.40. The SMILES string of the molecule is CN=C(NCCC(C)c1ccc(OC)cc1)NCc1nc(-c2cccc(Cl)c2)no1. The van der Waals surface area contributed by atoms with Gasteiger partial charge in [0.15, 0.2) is 5.96 Å². The summed E-state index contributed by atoms with van der Waals surface area (Å²) in [5, 5.41) is 11.1. The van der Waals surface area contributed by atoms with E-state index < -0.39 is 0 Å². The van der Waals surface area contributed by atoms with E-state index >= 15 is 0 Å². The van der Waals surface area contributed by atoms with Gasteiger partial charge in [-0.1, -0.05) is 47.9 Å². The first-order chi connectivity index (χ1) is 14.6. The molecule has 0 spiro atoms. The third-order valence-corrected chi connectivity index (χ3v) is 4.97. The van der Waals surface area contributed by atoms with Crippen LogP contribution in [0.2, 0.25) is 5.02 Å². The van der Waals surface area contributed by atoms with Crippen molar-refractivity contribution in [3.63, 3.8) is 0 Å². The first-order valence-corrected chi connectivity index (χ1v) is 10.1. The van der Waals surface area contributed by atoms with Gasteiger partial charge < -0.3 is 19.9 Å². The van der Waals surface area contributed by atoms with E-state index in [2.05, 4.69) is 44.8 Å². The zero-order valence-electron chi connectivity index (χ0n) is 17.4. The van der Waals surface area contributed by atoms with Gasteiger partial charge in [0.2, 0.25) is 11.7 Å². The molecule has 1 atom stereocenters. The van der Waals surface area contributed by atoms with Gasteiger partial charge >= 0.3 is 0 Å². The molecule has 2 N–H and O–H groups in total. The monoisotopic (exact) mass is 427 g/mol. The van der Waals surface area contributed by atoms with Crippen LogP contribution in [0.25, 0.3) is 11.4 Å². The number of nitrogens with zero attached hydrogens (tertiary/aromatic N) is 3. The number of hydrogen-bond acceptors (Lipinski definition) is 5. The Hall–Kier alpha value is -3.06. The third kappa shape index (κ3) is 5.97. The molecule has 8 heteroatoms. The van der Waals surface area contributed by atoms with Gasteiger partial charge in [0.1, 0.15) is 5.75 Å². The van der Waals surface area contributed by atoms with Gasteiger partial charge in [0, 0.05) is 24.2 Å². The predicted octanol–water partition coefficient (Wildman–Crippen LogP) is 4.26. The molecule has 7 nitrogen and oxygen atoms in total. The van der Waals surface area contributed by atoms with E-state index in [9.17, 15) is 0 Å².